The van der Waals surface area contributed by atoms with Gasteiger partial charge in [0.15, 0.2) is 6.29 Å². The van der Waals surface area contributed by atoms with Crippen molar-refractivity contribution in [3.63, 3.8) is 0 Å². The molecule has 0 saturated carbocycles. The number of amides is 1. The Morgan fingerprint density at radius 1 is 1.53 bits per heavy atom. The van der Waals surface area contributed by atoms with E-state index in [1.54, 1.807) is 22.6 Å². The molecule has 0 aromatic heterocycles. The second-order valence-electron chi connectivity index (χ2n) is 2.63. The molecule has 0 heterocycles. The van der Waals surface area contributed by atoms with E-state index in [9.17, 15) is 19.7 Å². The highest BCUT2D eigenvalue weighted by molar-refractivity contribution is 14.1. The van der Waals surface area contributed by atoms with Crippen molar-refractivity contribution in [1.29, 1.82) is 0 Å². The van der Waals surface area contributed by atoms with E-state index in [0.29, 0.717) is 6.29 Å². The highest BCUT2D eigenvalue weighted by Gasteiger charge is 2.18. The average molecular weight is 320 g/mol. The van der Waals surface area contributed by atoms with Gasteiger partial charge in [-0.25, -0.2) is 0 Å². The van der Waals surface area contributed by atoms with E-state index in [1.165, 1.54) is 6.07 Å². The van der Waals surface area contributed by atoms with E-state index in [4.69, 9.17) is 5.73 Å². The SMILES string of the molecule is NC(=O)c1c(I)cc([N+](=O)[O-])cc1C=O. The van der Waals surface area contributed by atoms with Gasteiger partial charge in [-0.1, -0.05) is 0 Å². The summed E-state index contributed by atoms with van der Waals surface area (Å²) in [6, 6.07) is 2.21. The van der Waals surface area contributed by atoms with Crippen LogP contribution in [0.4, 0.5) is 5.69 Å². The third kappa shape index (κ3) is 2.29. The van der Waals surface area contributed by atoms with Crippen molar-refractivity contribution in [1.82, 2.24) is 0 Å². The predicted molar refractivity (Wildman–Crippen MR) is 59.7 cm³/mol. The zero-order valence-electron chi connectivity index (χ0n) is 7.27. The minimum absolute atomic E-state index is 0.0104. The van der Waals surface area contributed by atoms with Crippen molar-refractivity contribution in [2.45, 2.75) is 0 Å². The number of carbonyl (C=O) groups excluding carboxylic acids is 2. The molecule has 0 spiro atoms. The molecule has 78 valence electrons. The summed E-state index contributed by atoms with van der Waals surface area (Å²) < 4.78 is 0.288. The van der Waals surface area contributed by atoms with E-state index in [-0.39, 0.29) is 20.4 Å². The number of rotatable bonds is 3. The first-order chi connectivity index (χ1) is 6.97. The van der Waals surface area contributed by atoms with Gasteiger partial charge in [0.25, 0.3) is 11.6 Å². The Morgan fingerprint density at radius 2 is 2.13 bits per heavy atom. The number of hydrogen-bond acceptors (Lipinski definition) is 4. The van der Waals surface area contributed by atoms with E-state index >= 15 is 0 Å². The Kier molecular flexibility index (Phi) is 3.35. The number of benzene rings is 1. The minimum Gasteiger partial charge on any atom is -0.366 e. The smallest absolute Gasteiger partial charge is 0.271 e. The summed E-state index contributed by atoms with van der Waals surface area (Å²) in [7, 11) is 0. The molecule has 0 saturated heterocycles. The summed E-state index contributed by atoms with van der Waals surface area (Å²) in [6.45, 7) is 0. The number of carbonyl (C=O) groups is 2. The minimum atomic E-state index is -0.781. The van der Waals surface area contributed by atoms with Crippen LogP contribution in [0.3, 0.4) is 0 Å². The summed E-state index contributed by atoms with van der Waals surface area (Å²) in [6.07, 6.45) is 0.370. The van der Waals surface area contributed by atoms with Crippen molar-refractivity contribution in [2.24, 2.45) is 5.73 Å². The number of hydrogen-bond donors (Lipinski definition) is 1. The van der Waals surface area contributed by atoms with Gasteiger partial charge in [-0.05, 0) is 22.6 Å². The quantitative estimate of drug-likeness (QED) is 0.390. The lowest BCUT2D eigenvalue weighted by Gasteiger charge is -2.03. The van der Waals surface area contributed by atoms with Crippen molar-refractivity contribution < 1.29 is 14.5 Å². The van der Waals surface area contributed by atoms with Gasteiger partial charge in [-0.15, -0.1) is 0 Å². The number of nitro benzene ring substituents is 1. The van der Waals surface area contributed by atoms with Gasteiger partial charge in [0.1, 0.15) is 0 Å². The van der Waals surface area contributed by atoms with Crippen LogP contribution in [0.25, 0.3) is 0 Å². The number of non-ortho nitro benzene ring substituents is 1. The average Bonchev–Trinajstić information content (AvgIpc) is 2.15. The zero-order valence-corrected chi connectivity index (χ0v) is 9.43. The largest absolute Gasteiger partial charge is 0.366 e. The molecule has 15 heavy (non-hydrogen) atoms. The van der Waals surface area contributed by atoms with Gasteiger partial charge < -0.3 is 5.73 Å². The predicted octanol–water partition coefficient (Wildman–Crippen LogP) is 1.11. The molecule has 1 aromatic carbocycles. The maximum absolute atomic E-state index is 11.0. The van der Waals surface area contributed by atoms with E-state index in [1.807, 2.05) is 0 Å². The van der Waals surface area contributed by atoms with Crippen LogP contribution in [0.2, 0.25) is 0 Å². The fraction of sp³-hybridized carbons (Fsp3) is 0. The molecule has 1 amide bonds. The Morgan fingerprint density at radius 3 is 2.53 bits per heavy atom. The lowest BCUT2D eigenvalue weighted by Crippen LogP contribution is -2.16. The molecule has 0 aliphatic heterocycles. The van der Waals surface area contributed by atoms with Gasteiger partial charge in [0.2, 0.25) is 0 Å². The Labute approximate surface area is 97.7 Å². The lowest BCUT2D eigenvalue weighted by molar-refractivity contribution is -0.385. The third-order valence-corrected chi connectivity index (χ3v) is 2.54. The molecule has 0 bridgehead atoms. The van der Waals surface area contributed by atoms with Gasteiger partial charge >= 0.3 is 0 Å². The topological polar surface area (TPSA) is 103 Å². The molecule has 0 aliphatic carbocycles. The molecule has 1 rings (SSSR count). The first kappa shape index (κ1) is 11.6. The van der Waals surface area contributed by atoms with Gasteiger partial charge in [0, 0.05) is 21.3 Å². The number of nitro groups is 1. The first-order valence-electron chi connectivity index (χ1n) is 3.70. The third-order valence-electron chi connectivity index (χ3n) is 1.69. The summed E-state index contributed by atoms with van der Waals surface area (Å²) in [5.74, 6) is -0.781. The van der Waals surface area contributed by atoms with Crippen LogP contribution >= 0.6 is 22.6 Å². The normalized spacial score (nSPS) is 9.67. The maximum atomic E-state index is 11.0. The molecule has 0 atom stereocenters. The molecule has 1 aromatic rings. The van der Waals surface area contributed by atoms with E-state index < -0.39 is 10.8 Å². The fourth-order valence-electron chi connectivity index (χ4n) is 1.07. The molecular formula is C8H5IN2O4. The molecule has 0 aliphatic rings. The molecule has 6 nitrogen and oxygen atoms in total. The molecule has 7 heteroatoms. The zero-order chi connectivity index (χ0) is 11.6. The first-order valence-corrected chi connectivity index (χ1v) is 4.78. The molecule has 0 unspecified atom stereocenters. The number of halogens is 1. The van der Waals surface area contributed by atoms with Crippen molar-refractivity contribution >= 4 is 40.5 Å². The fourth-order valence-corrected chi connectivity index (χ4v) is 1.97. The van der Waals surface area contributed by atoms with Crippen molar-refractivity contribution in [3.8, 4) is 0 Å². The summed E-state index contributed by atoms with van der Waals surface area (Å²) >= 11 is 1.72. The van der Waals surface area contributed by atoms with Crippen LogP contribution in [-0.2, 0) is 0 Å². The number of aldehydes is 1. The maximum Gasteiger partial charge on any atom is 0.271 e. The Bertz CT molecular complexity index is 458. The second kappa shape index (κ2) is 4.34. The highest BCUT2D eigenvalue weighted by Crippen LogP contribution is 2.22. The standard InChI is InChI=1S/C8H5IN2O4/c9-6-2-5(11(14)15)1-4(3-12)7(6)8(10)13/h1-3H,(H2,10,13). The van der Waals surface area contributed by atoms with Gasteiger partial charge in [0.05, 0.1) is 10.5 Å². The summed E-state index contributed by atoms with van der Waals surface area (Å²) in [4.78, 5) is 31.4. The van der Waals surface area contributed by atoms with E-state index in [2.05, 4.69) is 0 Å². The van der Waals surface area contributed by atoms with Crippen LogP contribution in [0, 0.1) is 13.7 Å². The molecule has 0 fully saturated rings. The second-order valence-corrected chi connectivity index (χ2v) is 3.79. The molecular weight excluding hydrogens is 315 g/mol. The van der Waals surface area contributed by atoms with Crippen LogP contribution in [0.15, 0.2) is 12.1 Å². The Hall–Kier alpha value is -1.51. The molecule has 2 N–H and O–H groups in total. The van der Waals surface area contributed by atoms with Crippen molar-refractivity contribution in [3.05, 3.63) is 36.9 Å². The van der Waals surface area contributed by atoms with Gasteiger partial charge in [-0.3, -0.25) is 19.7 Å². The monoisotopic (exact) mass is 320 g/mol. The molecule has 0 radical (unpaired) electrons. The number of primary amides is 1. The number of nitrogens with two attached hydrogens (primary N) is 1. The summed E-state index contributed by atoms with van der Waals surface area (Å²) in [5, 5.41) is 10.5. The van der Waals surface area contributed by atoms with Crippen LogP contribution in [-0.4, -0.2) is 17.1 Å². The van der Waals surface area contributed by atoms with Crippen LogP contribution in [0.5, 0.6) is 0 Å². The lowest BCUT2D eigenvalue weighted by atomic mass is 10.1. The van der Waals surface area contributed by atoms with Gasteiger partial charge in [-0.2, -0.15) is 0 Å². The number of nitrogens with zero attached hydrogens (tertiary/aromatic N) is 1. The Balaban J connectivity index is 3.50. The van der Waals surface area contributed by atoms with Crippen molar-refractivity contribution in [2.75, 3.05) is 0 Å². The highest BCUT2D eigenvalue weighted by atomic mass is 127. The summed E-state index contributed by atoms with van der Waals surface area (Å²) in [5.41, 5.74) is 4.74. The van der Waals surface area contributed by atoms with E-state index in [0.717, 1.165) is 6.07 Å². The van der Waals surface area contributed by atoms with Crippen LogP contribution < -0.4 is 5.73 Å². The van der Waals surface area contributed by atoms with Crippen LogP contribution in [0.1, 0.15) is 20.7 Å².